The number of rotatable bonds is 6. The topological polar surface area (TPSA) is 54.3 Å². The Morgan fingerprint density at radius 3 is 2.65 bits per heavy atom. The number of hydrogen-bond acceptors (Lipinski definition) is 3. The number of hydrogen-bond donors (Lipinski definition) is 1. The minimum atomic E-state index is -0.184. The number of aromatic nitrogens is 1. The van der Waals surface area contributed by atoms with E-state index in [2.05, 4.69) is 36.3 Å². The molecule has 0 aliphatic heterocycles. The highest BCUT2D eigenvalue weighted by Gasteiger charge is 2.07. The Kier molecular flexibility index (Phi) is 5.71. The van der Waals surface area contributed by atoms with Crippen molar-refractivity contribution in [1.82, 2.24) is 14.8 Å². The van der Waals surface area contributed by atoms with Crippen LogP contribution in [0.5, 0.6) is 0 Å². The summed E-state index contributed by atoms with van der Waals surface area (Å²) in [5.41, 5.74) is 2.64. The number of nitrogens with zero attached hydrogens (tertiary/aromatic N) is 2. The molecule has 1 amide bonds. The second kappa shape index (κ2) is 7.74. The van der Waals surface area contributed by atoms with E-state index in [0.29, 0.717) is 12.1 Å². The van der Waals surface area contributed by atoms with Gasteiger partial charge in [-0.15, -0.1) is 0 Å². The second-order valence-electron chi connectivity index (χ2n) is 5.70. The van der Waals surface area contributed by atoms with E-state index < -0.39 is 0 Å². The van der Waals surface area contributed by atoms with Crippen molar-refractivity contribution in [2.24, 2.45) is 7.05 Å². The van der Waals surface area contributed by atoms with Crippen LogP contribution in [-0.4, -0.2) is 29.0 Å². The molecule has 122 valence electrons. The molecule has 1 aromatic heterocycles. The summed E-state index contributed by atoms with van der Waals surface area (Å²) >= 11 is 0. The Morgan fingerprint density at radius 2 is 1.96 bits per heavy atom. The molecule has 0 atom stereocenters. The van der Waals surface area contributed by atoms with E-state index in [9.17, 15) is 9.59 Å². The fourth-order valence-corrected chi connectivity index (χ4v) is 2.27. The zero-order valence-electron chi connectivity index (χ0n) is 13.9. The molecule has 0 aliphatic rings. The minimum Gasteiger partial charge on any atom is -0.348 e. The highest BCUT2D eigenvalue weighted by Crippen LogP contribution is 2.08. The SMILES string of the molecule is CCN(C)Cc1cccc(CNC(=O)c2ccc(=O)n(C)c2)c1. The number of carbonyl (C=O) groups is 1. The molecule has 0 unspecified atom stereocenters. The number of benzene rings is 1. The first-order valence-corrected chi connectivity index (χ1v) is 7.71. The smallest absolute Gasteiger partial charge is 0.253 e. The standard InChI is InChI=1S/C18H23N3O2/c1-4-20(2)12-15-7-5-6-14(10-15)11-19-18(23)16-8-9-17(22)21(3)13-16/h5-10,13H,4,11-12H2,1-3H3,(H,19,23). The number of pyridine rings is 1. The van der Waals surface area contributed by atoms with E-state index in [0.717, 1.165) is 18.7 Å². The lowest BCUT2D eigenvalue weighted by Gasteiger charge is -2.14. The van der Waals surface area contributed by atoms with Gasteiger partial charge in [-0.2, -0.15) is 0 Å². The van der Waals surface area contributed by atoms with E-state index in [1.807, 2.05) is 12.1 Å². The number of nitrogens with one attached hydrogen (secondary N) is 1. The third-order valence-corrected chi connectivity index (χ3v) is 3.78. The van der Waals surface area contributed by atoms with Crippen LogP contribution in [0.2, 0.25) is 0 Å². The Hall–Kier alpha value is -2.40. The summed E-state index contributed by atoms with van der Waals surface area (Å²) in [6.07, 6.45) is 1.55. The molecule has 5 heteroatoms. The summed E-state index contributed by atoms with van der Waals surface area (Å²) in [6.45, 7) is 4.47. The first-order valence-electron chi connectivity index (χ1n) is 7.71. The average Bonchev–Trinajstić information content (AvgIpc) is 2.55. The van der Waals surface area contributed by atoms with Gasteiger partial charge in [-0.3, -0.25) is 9.59 Å². The van der Waals surface area contributed by atoms with Gasteiger partial charge in [-0.05, 0) is 30.8 Å². The summed E-state index contributed by atoms with van der Waals surface area (Å²) in [5, 5.41) is 2.89. The zero-order chi connectivity index (χ0) is 16.8. The van der Waals surface area contributed by atoms with Crippen molar-refractivity contribution in [3.63, 3.8) is 0 Å². The van der Waals surface area contributed by atoms with Crippen molar-refractivity contribution in [3.05, 3.63) is 69.6 Å². The van der Waals surface area contributed by atoms with Gasteiger partial charge in [0.2, 0.25) is 5.56 Å². The highest BCUT2D eigenvalue weighted by atomic mass is 16.2. The van der Waals surface area contributed by atoms with Crippen molar-refractivity contribution in [2.45, 2.75) is 20.0 Å². The van der Waals surface area contributed by atoms with Crippen molar-refractivity contribution in [3.8, 4) is 0 Å². The predicted octanol–water partition coefficient (Wildman–Crippen LogP) is 1.77. The van der Waals surface area contributed by atoms with Gasteiger partial charge in [0.25, 0.3) is 5.91 Å². The lowest BCUT2D eigenvalue weighted by Crippen LogP contribution is -2.25. The van der Waals surface area contributed by atoms with E-state index in [1.54, 1.807) is 19.3 Å². The van der Waals surface area contributed by atoms with Crippen LogP contribution in [0.15, 0.2) is 47.4 Å². The molecule has 0 saturated carbocycles. The van der Waals surface area contributed by atoms with Gasteiger partial charge in [0.05, 0.1) is 5.56 Å². The van der Waals surface area contributed by atoms with Gasteiger partial charge < -0.3 is 14.8 Å². The normalized spacial score (nSPS) is 10.8. The van der Waals surface area contributed by atoms with E-state index in [1.165, 1.54) is 16.2 Å². The maximum Gasteiger partial charge on any atom is 0.253 e. The molecular formula is C18H23N3O2. The van der Waals surface area contributed by atoms with Crippen LogP contribution in [-0.2, 0) is 20.1 Å². The maximum absolute atomic E-state index is 12.2. The largest absolute Gasteiger partial charge is 0.348 e. The van der Waals surface area contributed by atoms with Gasteiger partial charge in [-0.25, -0.2) is 0 Å². The van der Waals surface area contributed by atoms with Crippen molar-refractivity contribution < 1.29 is 4.79 Å². The molecule has 1 aromatic carbocycles. The second-order valence-corrected chi connectivity index (χ2v) is 5.70. The molecule has 2 aromatic rings. The number of aryl methyl sites for hydroxylation is 1. The summed E-state index contributed by atoms with van der Waals surface area (Å²) in [4.78, 5) is 25.7. The molecule has 2 rings (SSSR count). The van der Waals surface area contributed by atoms with Gasteiger partial charge in [-0.1, -0.05) is 31.2 Å². The first-order chi connectivity index (χ1) is 11.0. The van der Waals surface area contributed by atoms with Crippen LogP contribution in [0.4, 0.5) is 0 Å². The van der Waals surface area contributed by atoms with Crippen LogP contribution >= 0.6 is 0 Å². The van der Waals surface area contributed by atoms with Crippen LogP contribution in [0.25, 0.3) is 0 Å². The molecule has 0 bridgehead atoms. The van der Waals surface area contributed by atoms with Gasteiger partial charge in [0, 0.05) is 32.4 Å². The van der Waals surface area contributed by atoms with E-state index >= 15 is 0 Å². The van der Waals surface area contributed by atoms with Crippen molar-refractivity contribution in [1.29, 1.82) is 0 Å². The molecule has 0 spiro atoms. The highest BCUT2D eigenvalue weighted by molar-refractivity contribution is 5.93. The molecule has 5 nitrogen and oxygen atoms in total. The number of carbonyl (C=O) groups excluding carboxylic acids is 1. The fraction of sp³-hybridized carbons (Fsp3) is 0.333. The maximum atomic E-state index is 12.2. The third kappa shape index (κ3) is 4.79. The van der Waals surface area contributed by atoms with Crippen LogP contribution in [0.3, 0.4) is 0 Å². The minimum absolute atomic E-state index is 0.130. The molecule has 0 radical (unpaired) electrons. The Morgan fingerprint density at radius 1 is 1.22 bits per heavy atom. The molecule has 1 N–H and O–H groups in total. The Labute approximate surface area is 136 Å². The predicted molar refractivity (Wildman–Crippen MR) is 91.3 cm³/mol. The van der Waals surface area contributed by atoms with Crippen LogP contribution in [0, 0.1) is 0 Å². The van der Waals surface area contributed by atoms with Gasteiger partial charge in [0.1, 0.15) is 0 Å². The van der Waals surface area contributed by atoms with Gasteiger partial charge in [0.15, 0.2) is 0 Å². The van der Waals surface area contributed by atoms with Gasteiger partial charge >= 0.3 is 0 Å². The molecule has 1 heterocycles. The summed E-state index contributed by atoms with van der Waals surface area (Å²) in [7, 11) is 3.71. The monoisotopic (exact) mass is 313 g/mol. The van der Waals surface area contributed by atoms with E-state index in [4.69, 9.17) is 0 Å². The summed E-state index contributed by atoms with van der Waals surface area (Å²) in [5.74, 6) is -0.184. The summed E-state index contributed by atoms with van der Waals surface area (Å²) in [6, 6.07) is 11.1. The molecular weight excluding hydrogens is 290 g/mol. The molecule has 0 aliphatic carbocycles. The Balaban J connectivity index is 2.00. The fourth-order valence-electron chi connectivity index (χ4n) is 2.27. The summed E-state index contributed by atoms with van der Waals surface area (Å²) < 4.78 is 1.40. The zero-order valence-corrected chi connectivity index (χ0v) is 13.9. The lowest BCUT2D eigenvalue weighted by molar-refractivity contribution is 0.0950. The molecule has 23 heavy (non-hydrogen) atoms. The van der Waals surface area contributed by atoms with Crippen LogP contribution < -0.4 is 10.9 Å². The molecule has 0 saturated heterocycles. The average molecular weight is 313 g/mol. The van der Waals surface area contributed by atoms with E-state index in [-0.39, 0.29) is 11.5 Å². The third-order valence-electron chi connectivity index (χ3n) is 3.78. The number of amides is 1. The van der Waals surface area contributed by atoms with Crippen LogP contribution in [0.1, 0.15) is 28.4 Å². The quantitative estimate of drug-likeness (QED) is 0.884. The Bertz CT molecular complexity index is 737. The first kappa shape index (κ1) is 17.0. The van der Waals surface area contributed by atoms with Crippen molar-refractivity contribution in [2.75, 3.05) is 13.6 Å². The van der Waals surface area contributed by atoms with Crippen molar-refractivity contribution >= 4 is 5.91 Å². The lowest BCUT2D eigenvalue weighted by atomic mass is 10.1. The molecule has 0 fully saturated rings.